The Hall–Kier alpha value is -4.51. The van der Waals surface area contributed by atoms with Gasteiger partial charge in [0.25, 0.3) is 11.8 Å². The van der Waals surface area contributed by atoms with Crippen molar-refractivity contribution in [1.82, 2.24) is 5.43 Å². The zero-order valence-corrected chi connectivity index (χ0v) is 19.7. The molecular formula is C30H27N3O2. The number of hydrogen-bond acceptors (Lipinski definition) is 3. The number of anilines is 1. The molecule has 0 fully saturated rings. The largest absolute Gasteiger partial charge is 0.322 e. The van der Waals surface area contributed by atoms with Crippen LogP contribution in [0, 0.1) is 6.92 Å². The molecule has 0 aliphatic rings. The van der Waals surface area contributed by atoms with Crippen LogP contribution < -0.4 is 10.7 Å². The Morgan fingerprint density at radius 3 is 1.86 bits per heavy atom. The summed E-state index contributed by atoms with van der Waals surface area (Å²) >= 11 is 0. The molecule has 0 bridgehead atoms. The van der Waals surface area contributed by atoms with Gasteiger partial charge in [-0.15, -0.1) is 0 Å². The Bertz CT molecular complexity index is 1290. The van der Waals surface area contributed by atoms with Gasteiger partial charge >= 0.3 is 0 Å². The molecule has 2 N–H and O–H groups in total. The van der Waals surface area contributed by atoms with Crippen molar-refractivity contribution >= 4 is 23.2 Å². The number of aryl methyl sites for hydroxylation is 1. The summed E-state index contributed by atoms with van der Waals surface area (Å²) in [7, 11) is 0. The lowest BCUT2D eigenvalue weighted by Gasteiger charge is -2.18. The minimum absolute atomic E-state index is 0.0723. The Morgan fingerprint density at radius 1 is 0.686 bits per heavy atom. The lowest BCUT2D eigenvalue weighted by molar-refractivity contribution is 0.0954. The summed E-state index contributed by atoms with van der Waals surface area (Å²) in [5.41, 5.74) is 8.31. The maximum absolute atomic E-state index is 12.7. The number of nitrogens with zero attached hydrogens (tertiary/aromatic N) is 1. The third-order valence-electron chi connectivity index (χ3n) is 5.70. The molecule has 174 valence electrons. The summed E-state index contributed by atoms with van der Waals surface area (Å²) in [5.74, 6) is -0.586. The van der Waals surface area contributed by atoms with Crippen LogP contribution in [0.5, 0.6) is 0 Å². The fraction of sp³-hybridized carbons (Fsp3) is 0.100. The molecule has 0 heterocycles. The molecule has 0 atom stereocenters. The number of carbonyl (C=O) groups is 2. The zero-order chi connectivity index (χ0) is 24.6. The molecule has 4 aromatic carbocycles. The van der Waals surface area contributed by atoms with Crippen LogP contribution in [0.2, 0.25) is 0 Å². The first-order chi connectivity index (χ1) is 17.0. The van der Waals surface area contributed by atoms with Crippen LogP contribution in [0.15, 0.2) is 114 Å². The number of nitrogens with one attached hydrogen (secondary N) is 2. The zero-order valence-electron chi connectivity index (χ0n) is 19.7. The highest BCUT2D eigenvalue weighted by molar-refractivity contribution is 6.04. The van der Waals surface area contributed by atoms with Gasteiger partial charge in [-0.1, -0.05) is 78.4 Å². The number of hydrogen-bond donors (Lipinski definition) is 2. The minimum Gasteiger partial charge on any atom is -0.322 e. The molecule has 35 heavy (non-hydrogen) atoms. The second kappa shape index (κ2) is 11.1. The van der Waals surface area contributed by atoms with Crippen LogP contribution in [0.4, 0.5) is 5.69 Å². The number of amides is 2. The monoisotopic (exact) mass is 461 g/mol. The molecule has 0 aromatic heterocycles. The summed E-state index contributed by atoms with van der Waals surface area (Å²) in [6.07, 6.45) is 0. The summed E-state index contributed by atoms with van der Waals surface area (Å²) in [4.78, 5) is 25.2. The Kier molecular flexibility index (Phi) is 7.48. The van der Waals surface area contributed by atoms with E-state index in [0.717, 1.165) is 22.4 Å². The van der Waals surface area contributed by atoms with Crippen LogP contribution in [-0.2, 0) is 0 Å². The summed E-state index contributed by atoms with van der Waals surface area (Å²) in [5, 5.41) is 7.27. The summed E-state index contributed by atoms with van der Waals surface area (Å²) in [6.45, 7) is 3.85. The third-order valence-corrected chi connectivity index (χ3v) is 5.70. The van der Waals surface area contributed by atoms with Gasteiger partial charge in [0.15, 0.2) is 0 Å². The maximum Gasteiger partial charge on any atom is 0.271 e. The van der Waals surface area contributed by atoms with E-state index in [1.807, 2.05) is 68.4 Å². The quantitative estimate of drug-likeness (QED) is 0.255. The van der Waals surface area contributed by atoms with Gasteiger partial charge in [0.1, 0.15) is 0 Å². The van der Waals surface area contributed by atoms with E-state index in [2.05, 4.69) is 40.1 Å². The van der Waals surface area contributed by atoms with Crippen molar-refractivity contribution in [2.24, 2.45) is 5.10 Å². The molecule has 0 spiro atoms. The van der Waals surface area contributed by atoms with Crippen molar-refractivity contribution in [3.63, 3.8) is 0 Å². The van der Waals surface area contributed by atoms with E-state index in [0.29, 0.717) is 16.8 Å². The van der Waals surface area contributed by atoms with Gasteiger partial charge in [0.2, 0.25) is 0 Å². The molecule has 4 aromatic rings. The molecule has 5 nitrogen and oxygen atoms in total. The second-order valence-corrected chi connectivity index (χ2v) is 8.35. The highest BCUT2D eigenvalue weighted by atomic mass is 16.2. The van der Waals surface area contributed by atoms with E-state index in [4.69, 9.17) is 0 Å². The van der Waals surface area contributed by atoms with Gasteiger partial charge in [0, 0.05) is 28.4 Å². The highest BCUT2D eigenvalue weighted by Crippen LogP contribution is 2.26. The molecular weight excluding hydrogens is 434 g/mol. The van der Waals surface area contributed by atoms with E-state index in [1.165, 1.54) is 0 Å². The second-order valence-electron chi connectivity index (χ2n) is 8.35. The van der Waals surface area contributed by atoms with E-state index < -0.39 is 0 Å². The van der Waals surface area contributed by atoms with Crippen molar-refractivity contribution in [1.29, 1.82) is 0 Å². The first-order valence-corrected chi connectivity index (χ1v) is 11.4. The van der Waals surface area contributed by atoms with Crippen LogP contribution in [0.25, 0.3) is 0 Å². The smallest absolute Gasteiger partial charge is 0.271 e. The number of hydrazone groups is 1. The lowest BCUT2D eigenvalue weighted by atomic mass is 9.88. The minimum atomic E-state index is -0.319. The molecule has 0 radical (unpaired) electrons. The standard InChI is InChI=1S/C30H27N3O2/c1-21-10-9-15-26(20-21)29(34)31-27-18-16-25(17-19-27)30(35)33-32-22(2)28(23-11-5-3-6-12-23)24-13-7-4-8-14-24/h3-20,28H,1-2H3,(H,31,34)(H,33,35)/b32-22+. The van der Waals surface area contributed by atoms with Crippen LogP contribution in [0.1, 0.15) is 50.2 Å². The summed E-state index contributed by atoms with van der Waals surface area (Å²) in [6, 6.07) is 34.3. The predicted molar refractivity (Wildman–Crippen MR) is 141 cm³/mol. The van der Waals surface area contributed by atoms with E-state index in [-0.39, 0.29) is 17.7 Å². The van der Waals surface area contributed by atoms with Gasteiger partial charge < -0.3 is 5.32 Å². The maximum atomic E-state index is 12.7. The Balaban J connectivity index is 1.45. The van der Waals surface area contributed by atoms with Crippen LogP contribution >= 0.6 is 0 Å². The molecule has 2 amide bonds. The number of carbonyl (C=O) groups excluding carboxylic acids is 2. The van der Waals surface area contributed by atoms with E-state index >= 15 is 0 Å². The average Bonchev–Trinajstić information content (AvgIpc) is 2.89. The predicted octanol–water partition coefficient (Wildman–Crippen LogP) is 6.19. The van der Waals surface area contributed by atoms with Crippen molar-refractivity contribution in [3.05, 3.63) is 137 Å². The summed E-state index contributed by atoms with van der Waals surface area (Å²) < 4.78 is 0. The molecule has 0 unspecified atom stereocenters. The van der Waals surface area contributed by atoms with Gasteiger partial charge in [-0.2, -0.15) is 5.10 Å². The normalized spacial score (nSPS) is 11.2. The molecule has 0 saturated heterocycles. The SMILES string of the molecule is C/C(=N\NC(=O)c1ccc(NC(=O)c2cccc(C)c2)cc1)C(c1ccccc1)c1ccccc1. The van der Waals surface area contributed by atoms with Crippen molar-refractivity contribution in [2.45, 2.75) is 19.8 Å². The van der Waals surface area contributed by atoms with E-state index in [9.17, 15) is 9.59 Å². The van der Waals surface area contributed by atoms with Gasteiger partial charge in [-0.3, -0.25) is 9.59 Å². The Labute approximate surface area is 205 Å². The van der Waals surface area contributed by atoms with Crippen molar-refractivity contribution in [2.75, 3.05) is 5.32 Å². The fourth-order valence-corrected chi connectivity index (χ4v) is 3.93. The molecule has 5 heteroatoms. The number of rotatable bonds is 7. The average molecular weight is 462 g/mol. The molecule has 0 aliphatic heterocycles. The van der Waals surface area contributed by atoms with Crippen molar-refractivity contribution in [3.8, 4) is 0 Å². The fourth-order valence-electron chi connectivity index (χ4n) is 3.93. The third kappa shape index (κ3) is 6.09. The Morgan fingerprint density at radius 2 is 1.29 bits per heavy atom. The van der Waals surface area contributed by atoms with Crippen LogP contribution in [-0.4, -0.2) is 17.5 Å². The first kappa shape index (κ1) is 23.6. The van der Waals surface area contributed by atoms with Gasteiger partial charge in [-0.25, -0.2) is 5.43 Å². The molecule has 4 rings (SSSR count). The molecule has 0 aliphatic carbocycles. The number of benzene rings is 4. The topological polar surface area (TPSA) is 70.6 Å². The lowest BCUT2D eigenvalue weighted by Crippen LogP contribution is -2.22. The first-order valence-electron chi connectivity index (χ1n) is 11.4. The van der Waals surface area contributed by atoms with Gasteiger partial charge in [0.05, 0.1) is 0 Å². The van der Waals surface area contributed by atoms with E-state index in [1.54, 1.807) is 30.3 Å². The highest BCUT2D eigenvalue weighted by Gasteiger charge is 2.18. The van der Waals surface area contributed by atoms with Crippen molar-refractivity contribution < 1.29 is 9.59 Å². The molecule has 0 saturated carbocycles. The van der Waals surface area contributed by atoms with Crippen LogP contribution in [0.3, 0.4) is 0 Å². The van der Waals surface area contributed by atoms with Gasteiger partial charge in [-0.05, 0) is 61.4 Å².